The molecule has 0 atom stereocenters. The Morgan fingerprint density at radius 3 is 0.969 bits per heavy atom. The van der Waals surface area contributed by atoms with Crippen molar-refractivity contribution in [1.82, 2.24) is 34.7 Å². The van der Waals surface area contributed by atoms with Crippen molar-refractivity contribution in [2.24, 2.45) is 0 Å². The van der Waals surface area contributed by atoms with E-state index >= 15 is 0 Å². The van der Waals surface area contributed by atoms with Gasteiger partial charge in [-0.3, -0.25) is 0 Å². The van der Waals surface area contributed by atoms with Crippen molar-refractivity contribution in [2.75, 3.05) is 135 Å². The average molecular weight is 462 g/mol. The predicted molar refractivity (Wildman–Crippen MR) is 147 cm³/mol. The number of nitrogens with zero attached hydrogens (tertiary/aromatic N) is 6. The molecule has 0 radical (unpaired) electrons. The van der Waals surface area contributed by atoms with Crippen molar-refractivity contribution in [3.63, 3.8) is 0 Å². The van der Waals surface area contributed by atoms with Gasteiger partial charge < -0.3 is 34.7 Å². The van der Waals surface area contributed by atoms with E-state index < -0.39 is 0 Å². The Balaban J connectivity index is -0.000000412. The quantitative estimate of drug-likeness (QED) is 0.331. The third-order valence-corrected chi connectivity index (χ3v) is 5.12. The first-order valence-corrected chi connectivity index (χ1v) is 12.7. The van der Waals surface area contributed by atoms with E-state index in [1.165, 1.54) is 45.6 Å². The molecule has 7 nitrogen and oxygen atoms in total. The summed E-state index contributed by atoms with van der Waals surface area (Å²) in [5.74, 6) is 0. The van der Waals surface area contributed by atoms with E-state index in [0.29, 0.717) is 0 Å². The topological polar surface area (TPSA) is 31.5 Å². The molecule has 0 saturated heterocycles. The highest BCUT2D eigenvalue weighted by molar-refractivity contribution is 4.56. The molecule has 0 rings (SSSR count). The second kappa shape index (κ2) is 27.0. The van der Waals surface area contributed by atoms with Gasteiger partial charge in [-0.15, -0.1) is 0 Å². The molecule has 0 aromatic carbocycles. The summed E-state index contributed by atoms with van der Waals surface area (Å²) in [5.41, 5.74) is 0. The van der Waals surface area contributed by atoms with E-state index in [1.807, 2.05) is 0 Å². The SMILES string of the molecule is CCN(CC)CC.CN(C)CCCNCCCN(C)C.CN(C)CCN(C)CCN(C)C. The fourth-order valence-electron chi connectivity index (χ4n) is 2.69. The Labute approximate surface area is 204 Å². The molecule has 0 fully saturated rings. The van der Waals surface area contributed by atoms with Crippen LogP contribution in [0.3, 0.4) is 0 Å². The van der Waals surface area contributed by atoms with E-state index in [4.69, 9.17) is 0 Å². The predicted octanol–water partition coefficient (Wildman–Crippen LogP) is 1.87. The summed E-state index contributed by atoms with van der Waals surface area (Å²) in [6.07, 6.45) is 2.49. The van der Waals surface area contributed by atoms with Crippen LogP contribution >= 0.6 is 0 Å². The minimum Gasteiger partial charge on any atom is -0.317 e. The number of nitrogens with one attached hydrogen (secondary N) is 1. The van der Waals surface area contributed by atoms with Crippen LogP contribution in [0, 0.1) is 0 Å². The maximum Gasteiger partial charge on any atom is 0.0107 e. The number of hydrogen-bond acceptors (Lipinski definition) is 7. The summed E-state index contributed by atoms with van der Waals surface area (Å²) in [7, 11) is 19.1. The summed E-state index contributed by atoms with van der Waals surface area (Å²) >= 11 is 0. The van der Waals surface area contributed by atoms with Crippen molar-refractivity contribution in [2.45, 2.75) is 33.6 Å². The Kier molecular flexibility index (Phi) is 30.6. The van der Waals surface area contributed by atoms with E-state index in [0.717, 1.165) is 39.3 Å². The standard InChI is InChI=1S/C10H25N3.C9H23N3.C6H15N/c1-12(2)9-5-7-11-8-6-10-13(3)4;1-10(2)6-8-12(5)9-7-11(3)4;1-4-7(5-2)6-3/h11H,5-10H2,1-4H3;6-9H2,1-5H3;4-6H2,1-3H3. The van der Waals surface area contributed by atoms with Gasteiger partial charge in [0.25, 0.3) is 0 Å². The normalized spacial score (nSPS) is 11.4. The zero-order chi connectivity index (χ0) is 25.4. The molecule has 198 valence electrons. The van der Waals surface area contributed by atoms with Gasteiger partial charge in [0, 0.05) is 26.2 Å². The number of hydrogen-bond donors (Lipinski definition) is 1. The molecule has 0 aliphatic carbocycles. The molecule has 0 aliphatic rings. The molecule has 0 unspecified atom stereocenters. The Bertz CT molecular complexity index is 303. The molecule has 32 heavy (non-hydrogen) atoms. The first-order chi connectivity index (χ1) is 15.0. The van der Waals surface area contributed by atoms with Gasteiger partial charge in [-0.25, -0.2) is 0 Å². The zero-order valence-electron chi connectivity index (χ0n) is 24.4. The molecule has 1 N–H and O–H groups in total. The molecule has 0 heterocycles. The summed E-state index contributed by atoms with van der Waals surface area (Å²) in [4.78, 5) is 13.6. The average Bonchev–Trinajstić information content (AvgIpc) is 2.71. The van der Waals surface area contributed by atoms with Gasteiger partial charge in [-0.05, 0) is 122 Å². The lowest BCUT2D eigenvalue weighted by atomic mass is 10.3. The van der Waals surface area contributed by atoms with Gasteiger partial charge in [0.05, 0.1) is 0 Å². The maximum absolute atomic E-state index is 3.44. The van der Waals surface area contributed by atoms with Crippen LogP contribution in [0.4, 0.5) is 0 Å². The van der Waals surface area contributed by atoms with Gasteiger partial charge in [0.2, 0.25) is 0 Å². The first kappa shape index (κ1) is 36.3. The van der Waals surface area contributed by atoms with Gasteiger partial charge in [0.15, 0.2) is 0 Å². The third-order valence-electron chi connectivity index (χ3n) is 5.12. The van der Waals surface area contributed by atoms with Crippen LogP contribution < -0.4 is 5.32 Å². The summed E-state index contributed by atoms with van der Waals surface area (Å²) in [6, 6.07) is 0. The Hall–Kier alpha value is -0.280. The second-order valence-electron chi connectivity index (χ2n) is 9.59. The Morgan fingerprint density at radius 2 is 0.750 bits per heavy atom. The van der Waals surface area contributed by atoms with Crippen LogP contribution in [0.5, 0.6) is 0 Å². The van der Waals surface area contributed by atoms with Crippen molar-refractivity contribution in [3.8, 4) is 0 Å². The van der Waals surface area contributed by atoms with Crippen LogP contribution in [-0.2, 0) is 0 Å². The van der Waals surface area contributed by atoms with Crippen LogP contribution in [0.1, 0.15) is 33.6 Å². The van der Waals surface area contributed by atoms with Gasteiger partial charge in [-0.1, -0.05) is 20.8 Å². The van der Waals surface area contributed by atoms with Crippen molar-refractivity contribution >= 4 is 0 Å². The molecule has 0 amide bonds. The van der Waals surface area contributed by atoms with Crippen LogP contribution in [-0.4, -0.2) is 165 Å². The Morgan fingerprint density at radius 1 is 0.438 bits per heavy atom. The summed E-state index contributed by atoms with van der Waals surface area (Å²) < 4.78 is 0. The van der Waals surface area contributed by atoms with E-state index in [1.54, 1.807) is 0 Å². The summed E-state index contributed by atoms with van der Waals surface area (Å²) in [5, 5.41) is 3.44. The largest absolute Gasteiger partial charge is 0.317 e. The van der Waals surface area contributed by atoms with E-state index in [9.17, 15) is 0 Å². The number of likely N-dealkylation sites (N-methyl/N-ethyl adjacent to an activating group) is 3. The zero-order valence-corrected chi connectivity index (χ0v) is 24.4. The lowest BCUT2D eigenvalue weighted by molar-refractivity contribution is 0.254. The molecule has 0 spiro atoms. The molecule has 0 saturated carbocycles. The summed E-state index contributed by atoms with van der Waals surface area (Å²) in [6.45, 7) is 19.4. The fraction of sp³-hybridized carbons (Fsp3) is 1.00. The first-order valence-electron chi connectivity index (χ1n) is 12.7. The van der Waals surface area contributed by atoms with Gasteiger partial charge in [-0.2, -0.15) is 0 Å². The van der Waals surface area contributed by atoms with Crippen molar-refractivity contribution in [3.05, 3.63) is 0 Å². The minimum absolute atomic E-state index is 1.14. The second-order valence-corrected chi connectivity index (χ2v) is 9.59. The molecular weight excluding hydrogens is 398 g/mol. The van der Waals surface area contributed by atoms with Crippen LogP contribution in [0.2, 0.25) is 0 Å². The maximum atomic E-state index is 3.44. The smallest absolute Gasteiger partial charge is 0.0107 e. The molecule has 0 aliphatic heterocycles. The van der Waals surface area contributed by atoms with Gasteiger partial charge >= 0.3 is 0 Å². The lowest BCUT2D eigenvalue weighted by Crippen LogP contribution is -2.33. The van der Waals surface area contributed by atoms with Crippen LogP contribution in [0.25, 0.3) is 0 Å². The molecule has 0 aromatic heterocycles. The third kappa shape index (κ3) is 37.1. The molecular formula is C25H63N7. The monoisotopic (exact) mass is 462 g/mol. The molecule has 0 aromatic rings. The van der Waals surface area contributed by atoms with Crippen molar-refractivity contribution < 1.29 is 0 Å². The fourth-order valence-corrected chi connectivity index (χ4v) is 2.69. The highest BCUT2D eigenvalue weighted by Gasteiger charge is 1.99. The van der Waals surface area contributed by atoms with Crippen LogP contribution in [0.15, 0.2) is 0 Å². The molecule has 0 bridgehead atoms. The number of rotatable bonds is 17. The minimum atomic E-state index is 1.14. The van der Waals surface area contributed by atoms with Crippen molar-refractivity contribution in [1.29, 1.82) is 0 Å². The van der Waals surface area contributed by atoms with E-state index in [-0.39, 0.29) is 0 Å². The van der Waals surface area contributed by atoms with Gasteiger partial charge in [0.1, 0.15) is 0 Å². The highest BCUT2D eigenvalue weighted by atomic mass is 15.2. The van der Waals surface area contributed by atoms with E-state index in [2.05, 4.69) is 119 Å². The lowest BCUT2D eigenvalue weighted by Gasteiger charge is -2.20. The highest BCUT2D eigenvalue weighted by Crippen LogP contribution is 1.85. The molecule has 7 heteroatoms.